The Morgan fingerprint density at radius 2 is 1.52 bits per heavy atom. The Hall–Kier alpha value is -5.37. The number of carbonyl (C=O) groups is 6. The first-order valence-electron chi connectivity index (χ1n) is 20.4. The van der Waals surface area contributed by atoms with Crippen LogP contribution in [-0.2, 0) is 41.6 Å². The van der Waals surface area contributed by atoms with Crippen LogP contribution < -0.4 is 21.7 Å². The van der Waals surface area contributed by atoms with Crippen LogP contribution in [0.2, 0.25) is 0 Å². The topological polar surface area (TPSA) is 221 Å². The SMILES string of the molecule is CCC(C)C(CC(=O)C(Cc1ccc(O)cc1)NC(=O)C(CN)CC(C)C)C(=O)NC(CC1=CCC=N1)C(=O)N1CCCC1C(=O)NC(Cc1ccccc1)C(=O)O. The van der Waals surface area contributed by atoms with E-state index in [4.69, 9.17) is 5.73 Å². The second kappa shape index (κ2) is 22.0. The summed E-state index contributed by atoms with van der Waals surface area (Å²) in [7, 11) is 0. The highest BCUT2D eigenvalue weighted by Gasteiger charge is 2.41. The molecule has 4 amide bonds. The number of allylic oxidation sites excluding steroid dienone is 1. The number of nitrogens with zero attached hydrogens (tertiary/aromatic N) is 2. The van der Waals surface area contributed by atoms with Gasteiger partial charge in [0.15, 0.2) is 5.78 Å². The monoisotopic (exact) mass is 800 g/mol. The van der Waals surface area contributed by atoms with E-state index in [0.29, 0.717) is 43.4 Å². The fourth-order valence-electron chi connectivity index (χ4n) is 7.53. The maximum absolute atomic E-state index is 14.4. The number of nitrogens with two attached hydrogens (primary N) is 1. The number of hydrogen-bond donors (Lipinski definition) is 6. The van der Waals surface area contributed by atoms with Crippen LogP contribution in [0, 0.1) is 23.7 Å². The van der Waals surface area contributed by atoms with Crippen LogP contribution in [0.3, 0.4) is 0 Å². The molecule has 4 rings (SSSR count). The molecule has 2 aromatic carbocycles. The molecule has 0 aromatic heterocycles. The Balaban J connectivity index is 1.55. The van der Waals surface area contributed by atoms with Gasteiger partial charge in [-0.25, -0.2) is 4.79 Å². The van der Waals surface area contributed by atoms with Gasteiger partial charge in [-0.2, -0.15) is 0 Å². The Morgan fingerprint density at radius 1 is 0.862 bits per heavy atom. The van der Waals surface area contributed by atoms with Gasteiger partial charge in [0.2, 0.25) is 23.6 Å². The number of phenols is 1. The molecule has 0 saturated carbocycles. The van der Waals surface area contributed by atoms with E-state index in [1.165, 1.54) is 17.0 Å². The van der Waals surface area contributed by atoms with Gasteiger partial charge < -0.3 is 36.8 Å². The first-order chi connectivity index (χ1) is 27.7. The molecule has 314 valence electrons. The van der Waals surface area contributed by atoms with Crippen LogP contribution in [0.4, 0.5) is 0 Å². The molecule has 14 heteroatoms. The van der Waals surface area contributed by atoms with Crippen molar-refractivity contribution in [1.82, 2.24) is 20.9 Å². The summed E-state index contributed by atoms with van der Waals surface area (Å²) < 4.78 is 0. The highest BCUT2D eigenvalue weighted by molar-refractivity contribution is 5.96. The Morgan fingerprint density at radius 3 is 2.12 bits per heavy atom. The number of amides is 4. The van der Waals surface area contributed by atoms with Crippen LogP contribution in [-0.4, -0.2) is 94.0 Å². The zero-order chi connectivity index (χ0) is 42.4. The van der Waals surface area contributed by atoms with Crippen molar-refractivity contribution in [1.29, 1.82) is 0 Å². The first-order valence-corrected chi connectivity index (χ1v) is 20.4. The lowest BCUT2D eigenvalue weighted by Crippen LogP contribution is -2.56. The quantitative estimate of drug-likeness (QED) is 0.102. The van der Waals surface area contributed by atoms with Crippen LogP contribution in [0.25, 0.3) is 0 Å². The highest BCUT2D eigenvalue weighted by atomic mass is 16.4. The van der Waals surface area contributed by atoms with Crippen LogP contribution in [0.15, 0.2) is 71.4 Å². The zero-order valence-electron chi connectivity index (χ0n) is 34.1. The van der Waals surface area contributed by atoms with Crippen LogP contribution >= 0.6 is 0 Å². The number of carboxylic acids is 1. The summed E-state index contributed by atoms with van der Waals surface area (Å²) >= 11 is 0. The molecule has 14 nitrogen and oxygen atoms in total. The van der Waals surface area contributed by atoms with Gasteiger partial charge in [0, 0.05) is 56.6 Å². The summed E-state index contributed by atoms with van der Waals surface area (Å²) in [6.45, 7) is 8.06. The maximum Gasteiger partial charge on any atom is 0.326 e. The van der Waals surface area contributed by atoms with Crippen LogP contribution in [0.5, 0.6) is 5.75 Å². The third kappa shape index (κ3) is 13.1. The van der Waals surface area contributed by atoms with Gasteiger partial charge in [-0.3, -0.25) is 29.0 Å². The number of likely N-dealkylation sites (tertiary alicyclic amines) is 1. The van der Waals surface area contributed by atoms with Crippen molar-refractivity contribution < 1.29 is 39.0 Å². The molecule has 2 heterocycles. The number of Topliss-reactive ketones (excluding diaryl/α,β-unsaturated/α-hetero) is 1. The largest absolute Gasteiger partial charge is 0.508 e. The molecule has 7 N–H and O–H groups in total. The summed E-state index contributed by atoms with van der Waals surface area (Å²) in [5, 5.41) is 28.2. The molecule has 58 heavy (non-hydrogen) atoms. The van der Waals surface area contributed by atoms with Gasteiger partial charge in [-0.05, 0) is 60.8 Å². The predicted octanol–water partition coefficient (Wildman–Crippen LogP) is 3.70. The molecule has 1 fully saturated rings. The van der Waals surface area contributed by atoms with E-state index in [-0.39, 0.29) is 68.0 Å². The molecule has 7 atom stereocenters. The smallest absolute Gasteiger partial charge is 0.326 e. The van der Waals surface area contributed by atoms with Crippen molar-refractivity contribution in [2.45, 2.75) is 110 Å². The van der Waals surface area contributed by atoms with Crippen molar-refractivity contribution in [2.24, 2.45) is 34.4 Å². The second-order valence-corrected chi connectivity index (χ2v) is 15.9. The minimum absolute atomic E-state index is 0.0503. The maximum atomic E-state index is 14.4. The molecule has 2 aliphatic rings. The molecular weight excluding hydrogens is 741 g/mol. The van der Waals surface area contributed by atoms with E-state index >= 15 is 0 Å². The summed E-state index contributed by atoms with van der Waals surface area (Å²) in [6.07, 6.45) is 6.02. The van der Waals surface area contributed by atoms with Crippen LogP contribution in [0.1, 0.15) is 83.8 Å². The molecule has 0 radical (unpaired) electrons. The average Bonchev–Trinajstić information content (AvgIpc) is 3.92. The zero-order valence-corrected chi connectivity index (χ0v) is 34.1. The van der Waals surface area contributed by atoms with Crippen molar-refractivity contribution in [3.05, 3.63) is 77.5 Å². The molecule has 1 saturated heterocycles. The first kappa shape index (κ1) is 45.3. The number of carboxylic acid groups (broad SMARTS) is 1. The summed E-state index contributed by atoms with van der Waals surface area (Å²) in [6, 6.07) is 11.0. The molecule has 2 aliphatic heterocycles. The third-order valence-corrected chi connectivity index (χ3v) is 11.1. The summed E-state index contributed by atoms with van der Waals surface area (Å²) in [5.41, 5.74) is 7.99. The lowest BCUT2D eigenvalue weighted by molar-refractivity contribution is -0.145. The molecule has 0 aliphatic carbocycles. The lowest BCUT2D eigenvalue weighted by atomic mass is 9.84. The normalized spacial score (nSPS) is 18.1. The Labute approximate surface area is 341 Å². The van der Waals surface area contributed by atoms with Crippen molar-refractivity contribution in [2.75, 3.05) is 13.1 Å². The Kier molecular flexibility index (Phi) is 17.2. The molecule has 2 aromatic rings. The fraction of sp³-hybridized carbons (Fsp3) is 0.523. The molecular formula is C44H60N6O8. The van der Waals surface area contributed by atoms with E-state index in [0.717, 1.165) is 5.56 Å². The van der Waals surface area contributed by atoms with Gasteiger partial charge in [0.25, 0.3) is 0 Å². The average molecular weight is 801 g/mol. The number of aliphatic carboxylic acids is 1. The van der Waals surface area contributed by atoms with Gasteiger partial charge in [-0.1, -0.05) is 82.7 Å². The van der Waals surface area contributed by atoms with E-state index < -0.39 is 59.7 Å². The minimum atomic E-state index is -1.21. The number of ketones is 1. The van der Waals surface area contributed by atoms with E-state index in [2.05, 4.69) is 20.9 Å². The minimum Gasteiger partial charge on any atom is -0.508 e. The molecule has 0 bridgehead atoms. The highest BCUT2D eigenvalue weighted by Crippen LogP contribution is 2.26. The van der Waals surface area contributed by atoms with E-state index in [1.807, 2.05) is 39.8 Å². The second-order valence-electron chi connectivity index (χ2n) is 15.9. The number of aliphatic imine (C=N–C) groups is 1. The van der Waals surface area contributed by atoms with Crippen molar-refractivity contribution in [3.63, 3.8) is 0 Å². The van der Waals surface area contributed by atoms with Gasteiger partial charge in [-0.15, -0.1) is 0 Å². The number of benzene rings is 2. The third-order valence-electron chi connectivity index (χ3n) is 11.1. The van der Waals surface area contributed by atoms with E-state index in [1.54, 1.807) is 42.6 Å². The number of nitrogens with one attached hydrogen (secondary N) is 3. The predicted molar refractivity (Wildman–Crippen MR) is 220 cm³/mol. The standard InChI is InChI=1S/C44H60N6O8/c1-5-28(4)34(25-39(52)35(22-30-15-17-33(51)18-16-30)47-40(53)31(26-45)21-27(2)3)41(54)48-36(24-32-13-9-19-46-32)43(56)50-20-10-14-38(50)42(55)49-37(44(57)58)23-29-11-7-6-8-12-29/h6-8,11-13,15-19,27-28,31,34-38,51H,5,9-10,14,20-26,45H2,1-4H3,(H,47,53)(H,48,54)(H,49,55)(H,57,58). The van der Waals surface area contributed by atoms with E-state index in [9.17, 15) is 39.0 Å². The van der Waals surface area contributed by atoms with Gasteiger partial charge in [0.05, 0.1) is 12.0 Å². The number of phenolic OH excluding ortho intramolecular Hbond substituents is 1. The lowest BCUT2D eigenvalue weighted by Gasteiger charge is -2.31. The Bertz CT molecular complexity index is 1800. The van der Waals surface area contributed by atoms with Crippen molar-refractivity contribution in [3.8, 4) is 5.75 Å². The number of aromatic hydroxyl groups is 1. The summed E-state index contributed by atoms with van der Waals surface area (Å²) in [4.78, 5) is 88.0. The summed E-state index contributed by atoms with van der Waals surface area (Å²) in [5.74, 6) is -4.98. The molecule has 7 unspecified atom stereocenters. The van der Waals surface area contributed by atoms with Gasteiger partial charge >= 0.3 is 5.97 Å². The fourth-order valence-corrected chi connectivity index (χ4v) is 7.53. The number of hydrogen-bond acceptors (Lipinski definition) is 9. The number of carbonyl (C=O) groups excluding carboxylic acids is 5. The van der Waals surface area contributed by atoms with Gasteiger partial charge in [0.1, 0.15) is 23.9 Å². The molecule has 0 spiro atoms. The number of rotatable bonds is 22. The van der Waals surface area contributed by atoms with Crippen molar-refractivity contribution >= 4 is 41.6 Å².